The lowest BCUT2D eigenvalue weighted by Crippen LogP contribution is -2.22. The number of halogens is 1. The fourth-order valence-corrected chi connectivity index (χ4v) is 2.69. The van der Waals surface area contributed by atoms with Crippen LogP contribution in [0.25, 0.3) is 0 Å². The van der Waals surface area contributed by atoms with Crippen LogP contribution >= 0.6 is 15.9 Å². The van der Waals surface area contributed by atoms with Crippen molar-refractivity contribution in [2.45, 2.75) is 32.2 Å². The molecule has 92 valence electrons. The van der Waals surface area contributed by atoms with Crippen molar-refractivity contribution in [2.24, 2.45) is 5.92 Å². The molecule has 0 bridgehead atoms. The third kappa shape index (κ3) is 2.57. The number of anilines is 1. The smallest absolute Gasteiger partial charge is 0.311 e. The Morgan fingerprint density at radius 2 is 2.29 bits per heavy atom. The third-order valence-corrected chi connectivity index (χ3v) is 3.87. The van der Waals surface area contributed by atoms with Gasteiger partial charge in [-0.1, -0.05) is 13.3 Å². The molecule has 0 saturated heterocycles. The second-order valence-electron chi connectivity index (χ2n) is 4.43. The molecule has 0 aliphatic heterocycles. The number of pyridine rings is 1. The Kier molecular flexibility index (Phi) is 3.61. The molecular weight excluding hydrogens is 286 g/mol. The van der Waals surface area contributed by atoms with Gasteiger partial charge in [-0.05, 0) is 34.7 Å². The van der Waals surface area contributed by atoms with Gasteiger partial charge in [-0.2, -0.15) is 0 Å². The zero-order chi connectivity index (χ0) is 12.4. The molecule has 0 amide bonds. The van der Waals surface area contributed by atoms with Crippen molar-refractivity contribution in [3.63, 3.8) is 0 Å². The lowest BCUT2D eigenvalue weighted by atomic mass is 10.1. The van der Waals surface area contributed by atoms with Crippen molar-refractivity contribution in [1.82, 2.24) is 4.98 Å². The van der Waals surface area contributed by atoms with Crippen LogP contribution in [0.4, 0.5) is 11.4 Å². The standard InChI is InChI=1S/C11H14BrN3O2/c1-7-3-2-4-9(7)14-11-8(12)5-13-6-10(11)15(16)17/h5-7,9H,2-4H2,1H3,(H,13,14). The Labute approximate surface area is 108 Å². The molecule has 1 N–H and O–H groups in total. The van der Waals surface area contributed by atoms with E-state index < -0.39 is 4.92 Å². The van der Waals surface area contributed by atoms with Crippen molar-refractivity contribution in [1.29, 1.82) is 0 Å². The minimum absolute atomic E-state index is 0.0264. The monoisotopic (exact) mass is 299 g/mol. The second-order valence-corrected chi connectivity index (χ2v) is 5.29. The van der Waals surface area contributed by atoms with Crippen molar-refractivity contribution in [2.75, 3.05) is 5.32 Å². The zero-order valence-corrected chi connectivity index (χ0v) is 11.1. The molecular formula is C11H14BrN3O2. The van der Waals surface area contributed by atoms with Crippen molar-refractivity contribution in [3.05, 3.63) is 27.0 Å². The van der Waals surface area contributed by atoms with Gasteiger partial charge in [0, 0.05) is 12.2 Å². The summed E-state index contributed by atoms with van der Waals surface area (Å²) in [5.41, 5.74) is 0.572. The summed E-state index contributed by atoms with van der Waals surface area (Å²) in [7, 11) is 0. The van der Waals surface area contributed by atoms with Crippen LogP contribution in [-0.2, 0) is 0 Å². The molecule has 6 heteroatoms. The predicted octanol–water partition coefficient (Wildman–Crippen LogP) is 3.35. The van der Waals surface area contributed by atoms with Gasteiger partial charge >= 0.3 is 5.69 Å². The van der Waals surface area contributed by atoms with Crippen LogP contribution in [0, 0.1) is 16.0 Å². The van der Waals surface area contributed by atoms with Crippen molar-refractivity contribution < 1.29 is 4.92 Å². The summed E-state index contributed by atoms with van der Waals surface area (Å²) in [6.07, 6.45) is 6.28. The van der Waals surface area contributed by atoms with Crippen LogP contribution in [0.5, 0.6) is 0 Å². The average molecular weight is 300 g/mol. The molecule has 2 rings (SSSR count). The van der Waals surface area contributed by atoms with E-state index in [0.717, 1.165) is 6.42 Å². The van der Waals surface area contributed by atoms with Gasteiger partial charge in [0.2, 0.25) is 0 Å². The van der Waals surface area contributed by atoms with E-state index in [0.29, 0.717) is 22.1 Å². The van der Waals surface area contributed by atoms with E-state index in [2.05, 4.69) is 33.2 Å². The predicted molar refractivity (Wildman–Crippen MR) is 69.0 cm³/mol. The molecule has 1 heterocycles. The molecule has 1 aromatic rings. The van der Waals surface area contributed by atoms with E-state index in [-0.39, 0.29) is 5.69 Å². The van der Waals surface area contributed by atoms with Gasteiger partial charge in [-0.25, -0.2) is 0 Å². The van der Waals surface area contributed by atoms with E-state index >= 15 is 0 Å². The van der Waals surface area contributed by atoms with Crippen molar-refractivity contribution >= 4 is 27.3 Å². The molecule has 0 spiro atoms. The highest BCUT2D eigenvalue weighted by Gasteiger charge is 2.27. The lowest BCUT2D eigenvalue weighted by Gasteiger charge is -2.19. The average Bonchev–Trinajstić information content (AvgIpc) is 2.67. The first-order valence-corrected chi connectivity index (χ1v) is 6.43. The summed E-state index contributed by atoms with van der Waals surface area (Å²) in [6, 6.07) is 0.312. The molecule has 1 saturated carbocycles. The largest absolute Gasteiger partial charge is 0.375 e. The highest BCUT2D eigenvalue weighted by Crippen LogP contribution is 2.35. The molecule has 2 atom stereocenters. The van der Waals surface area contributed by atoms with Gasteiger partial charge in [-0.3, -0.25) is 15.1 Å². The maximum Gasteiger partial charge on any atom is 0.311 e. The molecule has 0 aromatic carbocycles. The van der Waals surface area contributed by atoms with E-state index in [1.807, 2.05) is 0 Å². The summed E-state index contributed by atoms with van der Waals surface area (Å²) in [6.45, 7) is 2.17. The molecule has 17 heavy (non-hydrogen) atoms. The summed E-state index contributed by atoms with van der Waals surface area (Å²) >= 11 is 3.31. The van der Waals surface area contributed by atoms with E-state index in [1.165, 1.54) is 19.0 Å². The van der Waals surface area contributed by atoms with Gasteiger partial charge in [0.15, 0.2) is 0 Å². The molecule has 1 aliphatic rings. The van der Waals surface area contributed by atoms with Crippen LogP contribution in [0.1, 0.15) is 26.2 Å². The first-order chi connectivity index (χ1) is 8.09. The summed E-state index contributed by atoms with van der Waals surface area (Å²) in [4.78, 5) is 14.4. The SMILES string of the molecule is CC1CCCC1Nc1c(Br)cncc1[N+](=O)[O-]. The normalized spacial score (nSPS) is 23.6. The summed E-state index contributed by atoms with van der Waals surface area (Å²) < 4.78 is 0.644. The quantitative estimate of drug-likeness (QED) is 0.686. The third-order valence-electron chi connectivity index (χ3n) is 3.27. The molecule has 1 aromatic heterocycles. The maximum absolute atomic E-state index is 10.9. The molecule has 1 aliphatic carbocycles. The Morgan fingerprint density at radius 1 is 1.53 bits per heavy atom. The van der Waals surface area contributed by atoms with E-state index in [1.54, 1.807) is 6.20 Å². The minimum Gasteiger partial charge on any atom is -0.375 e. The molecule has 1 fully saturated rings. The number of nitrogens with one attached hydrogen (secondary N) is 1. The summed E-state index contributed by atoms with van der Waals surface area (Å²) in [5, 5.41) is 14.2. The van der Waals surface area contributed by atoms with Gasteiger partial charge < -0.3 is 5.32 Å². The number of hydrogen-bond acceptors (Lipinski definition) is 4. The number of rotatable bonds is 3. The van der Waals surface area contributed by atoms with Crippen LogP contribution in [0.3, 0.4) is 0 Å². The zero-order valence-electron chi connectivity index (χ0n) is 9.52. The lowest BCUT2D eigenvalue weighted by molar-refractivity contribution is -0.384. The Balaban J connectivity index is 2.27. The van der Waals surface area contributed by atoms with Crippen LogP contribution < -0.4 is 5.32 Å². The summed E-state index contributed by atoms with van der Waals surface area (Å²) in [5.74, 6) is 0.551. The first kappa shape index (κ1) is 12.3. The molecule has 0 radical (unpaired) electrons. The number of nitro groups is 1. The van der Waals surface area contributed by atoms with Crippen molar-refractivity contribution in [3.8, 4) is 0 Å². The fourth-order valence-electron chi connectivity index (χ4n) is 2.25. The van der Waals surface area contributed by atoms with Gasteiger partial charge in [0.25, 0.3) is 0 Å². The maximum atomic E-state index is 10.9. The Hall–Kier alpha value is -1.17. The van der Waals surface area contributed by atoms with Crippen LogP contribution in [0.15, 0.2) is 16.9 Å². The Morgan fingerprint density at radius 3 is 2.88 bits per heavy atom. The van der Waals surface area contributed by atoms with Gasteiger partial charge in [0.05, 0.1) is 9.40 Å². The Bertz CT molecular complexity index is 439. The fraction of sp³-hybridized carbons (Fsp3) is 0.545. The van der Waals surface area contributed by atoms with Crippen LogP contribution in [0.2, 0.25) is 0 Å². The second kappa shape index (κ2) is 5.00. The van der Waals surface area contributed by atoms with E-state index in [9.17, 15) is 10.1 Å². The number of nitrogens with zero attached hydrogens (tertiary/aromatic N) is 2. The molecule has 5 nitrogen and oxygen atoms in total. The number of aromatic nitrogens is 1. The topological polar surface area (TPSA) is 68.1 Å². The van der Waals surface area contributed by atoms with E-state index in [4.69, 9.17) is 0 Å². The van der Waals surface area contributed by atoms with Crippen LogP contribution in [-0.4, -0.2) is 15.9 Å². The van der Waals surface area contributed by atoms with Gasteiger partial charge in [-0.15, -0.1) is 0 Å². The minimum atomic E-state index is -0.403. The highest BCUT2D eigenvalue weighted by atomic mass is 79.9. The first-order valence-electron chi connectivity index (χ1n) is 5.64. The molecule has 2 unspecified atom stereocenters. The number of hydrogen-bond donors (Lipinski definition) is 1. The van der Waals surface area contributed by atoms with Gasteiger partial charge in [0.1, 0.15) is 11.9 Å². The highest BCUT2D eigenvalue weighted by molar-refractivity contribution is 9.10.